The molecule has 0 amide bonds. The lowest BCUT2D eigenvalue weighted by Crippen LogP contribution is -2.41. The molecule has 1 aliphatic heterocycles. The van der Waals surface area contributed by atoms with Crippen molar-refractivity contribution < 1.29 is 9.13 Å². The third kappa shape index (κ3) is 4.04. The molecule has 1 aliphatic rings. The number of ether oxygens (including phenoxy) is 1. The molecule has 138 valence electrons. The average molecular weight is 363 g/mol. The van der Waals surface area contributed by atoms with E-state index in [-0.39, 0.29) is 17.8 Å². The Morgan fingerprint density at radius 3 is 1.93 bits per heavy atom. The summed E-state index contributed by atoms with van der Waals surface area (Å²) < 4.78 is 19.2. The van der Waals surface area contributed by atoms with Gasteiger partial charge in [0, 0.05) is 49.8 Å². The first-order valence-corrected chi connectivity index (χ1v) is 9.20. The van der Waals surface area contributed by atoms with E-state index < -0.39 is 0 Å². The summed E-state index contributed by atoms with van der Waals surface area (Å²) in [5.74, 6) is -0.185. The van der Waals surface area contributed by atoms with E-state index in [0.29, 0.717) is 13.2 Å². The number of morpholine rings is 1. The van der Waals surface area contributed by atoms with Gasteiger partial charge in [0.2, 0.25) is 0 Å². The lowest BCUT2D eigenvalue weighted by atomic mass is 9.82. The van der Waals surface area contributed by atoms with Crippen molar-refractivity contribution in [1.82, 2.24) is 14.9 Å². The second-order valence-electron chi connectivity index (χ2n) is 6.70. The number of hydrogen-bond donors (Lipinski definition) is 0. The van der Waals surface area contributed by atoms with Gasteiger partial charge in [0.25, 0.3) is 0 Å². The van der Waals surface area contributed by atoms with E-state index >= 15 is 0 Å². The number of benzene rings is 1. The average Bonchev–Trinajstić information content (AvgIpc) is 2.75. The van der Waals surface area contributed by atoms with Crippen molar-refractivity contribution in [2.75, 3.05) is 26.3 Å². The highest BCUT2D eigenvalue weighted by Crippen LogP contribution is 2.40. The molecule has 0 aliphatic carbocycles. The molecule has 1 unspecified atom stereocenters. The summed E-state index contributed by atoms with van der Waals surface area (Å²) in [6.45, 7) is 3.06. The Bertz CT molecular complexity index is 797. The predicted molar refractivity (Wildman–Crippen MR) is 102 cm³/mol. The van der Waals surface area contributed by atoms with Crippen LogP contribution in [0.2, 0.25) is 0 Å². The SMILES string of the molecule is Fc1ccc(C(C(c2cccnc2)c2cccnc2)N2CCOCC2)cc1. The molecule has 1 fully saturated rings. The van der Waals surface area contributed by atoms with E-state index in [0.717, 1.165) is 29.8 Å². The van der Waals surface area contributed by atoms with Crippen LogP contribution in [0.5, 0.6) is 0 Å². The van der Waals surface area contributed by atoms with Crippen molar-refractivity contribution in [3.05, 3.63) is 95.8 Å². The zero-order valence-electron chi connectivity index (χ0n) is 15.0. The van der Waals surface area contributed by atoms with E-state index in [1.54, 1.807) is 12.4 Å². The van der Waals surface area contributed by atoms with Gasteiger partial charge in [-0.3, -0.25) is 14.9 Å². The summed E-state index contributed by atoms with van der Waals surface area (Å²) >= 11 is 0. The normalized spacial score (nSPS) is 16.4. The van der Waals surface area contributed by atoms with Gasteiger partial charge in [0.1, 0.15) is 5.82 Å². The summed E-state index contributed by atoms with van der Waals surface area (Å²) in [5, 5.41) is 0. The Morgan fingerprint density at radius 1 is 0.815 bits per heavy atom. The van der Waals surface area contributed by atoms with Gasteiger partial charge in [-0.15, -0.1) is 0 Å². The lowest BCUT2D eigenvalue weighted by molar-refractivity contribution is 0.0124. The minimum absolute atomic E-state index is 0.0379. The lowest BCUT2D eigenvalue weighted by Gasteiger charge is -2.39. The molecule has 2 aromatic heterocycles. The van der Waals surface area contributed by atoms with Crippen LogP contribution in [0.25, 0.3) is 0 Å². The highest BCUT2D eigenvalue weighted by molar-refractivity contribution is 5.36. The second-order valence-corrected chi connectivity index (χ2v) is 6.70. The molecule has 4 rings (SSSR count). The molecule has 0 N–H and O–H groups in total. The summed E-state index contributed by atoms with van der Waals surface area (Å²) in [4.78, 5) is 11.1. The van der Waals surface area contributed by atoms with E-state index in [2.05, 4.69) is 27.0 Å². The fraction of sp³-hybridized carbons (Fsp3) is 0.273. The maximum Gasteiger partial charge on any atom is 0.123 e. The first kappa shape index (κ1) is 17.8. The first-order valence-electron chi connectivity index (χ1n) is 9.20. The number of halogens is 1. The number of nitrogens with zero attached hydrogens (tertiary/aromatic N) is 3. The van der Waals surface area contributed by atoms with Crippen LogP contribution in [-0.2, 0) is 4.74 Å². The molecular formula is C22H22FN3O. The fourth-order valence-corrected chi connectivity index (χ4v) is 3.81. The third-order valence-corrected chi connectivity index (χ3v) is 5.05. The number of pyridine rings is 2. The van der Waals surface area contributed by atoms with Gasteiger partial charge >= 0.3 is 0 Å². The number of hydrogen-bond acceptors (Lipinski definition) is 4. The van der Waals surface area contributed by atoms with Crippen molar-refractivity contribution in [3.63, 3.8) is 0 Å². The Labute approximate surface area is 158 Å². The molecule has 5 heteroatoms. The zero-order chi connectivity index (χ0) is 18.5. The molecule has 1 aromatic carbocycles. The van der Waals surface area contributed by atoms with Gasteiger partial charge in [-0.05, 0) is 41.0 Å². The maximum atomic E-state index is 13.6. The minimum atomic E-state index is -0.223. The largest absolute Gasteiger partial charge is 0.379 e. The van der Waals surface area contributed by atoms with Crippen LogP contribution in [0.15, 0.2) is 73.3 Å². The van der Waals surface area contributed by atoms with Gasteiger partial charge in [0.15, 0.2) is 0 Å². The predicted octanol–water partition coefficient (Wildman–Crippen LogP) is 3.82. The Hall–Kier alpha value is -2.63. The standard InChI is InChI=1S/C22H22FN3O/c23-20-7-5-17(6-8-20)22(26-11-13-27-14-12-26)21(18-3-1-9-24-15-18)19-4-2-10-25-16-19/h1-10,15-16,21-22H,11-14H2. The minimum Gasteiger partial charge on any atom is -0.379 e. The fourth-order valence-electron chi connectivity index (χ4n) is 3.81. The topological polar surface area (TPSA) is 38.2 Å². The van der Waals surface area contributed by atoms with E-state index in [1.807, 2.05) is 36.7 Å². The van der Waals surface area contributed by atoms with Crippen molar-refractivity contribution >= 4 is 0 Å². The smallest absolute Gasteiger partial charge is 0.123 e. The summed E-state index contributed by atoms with van der Waals surface area (Å²) in [6, 6.07) is 15.0. The summed E-state index contributed by atoms with van der Waals surface area (Å²) in [7, 11) is 0. The van der Waals surface area contributed by atoms with Crippen LogP contribution < -0.4 is 0 Å². The Kier molecular flexibility index (Phi) is 5.51. The van der Waals surface area contributed by atoms with Gasteiger partial charge in [-0.1, -0.05) is 24.3 Å². The first-order chi connectivity index (χ1) is 13.3. The van der Waals surface area contributed by atoms with Crippen molar-refractivity contribution in [1.29, 1.82) is 0 Å². The van der Waals surface area contributed by atoms with Crippen LogP contribution in [0.1, 0.15) is 28.7 Å². The highest BCUT2D eigenvalue weighted by atomic mass is 19.1. The van der Waals surface area contributed by atoms with Gasteiger partial charge in [-0.2, -0.15) is 0 Å². The van der Waals surface area contributed by atoms with Crippen LogP contribution in [0, 0.1) is 5.82 Å². The molecule has 0 saturated carbocycles. The van der Waals surface area contributed by atoms with E-state index in [1.165, 1.54) is 12.1 Å². The Balaban J connectivity index is 1.84. The second kappa shape index (κ2) is 8.37. The molecule has 3 heterocycles. The molecule has 1 atom stereocenters. The molecule has 0 spiro atoms. The van der Waals surface area contributed by atoms with Crippen LogP contribution in [0.4, 0.5) is 4.39 Å². The van der Waals surface area contributed by atoms with Gasteiger partial charge in [0.05, 0.1) is 13.2 Å². The molecule has 3 aromatic rings. The highest BCUT2D eigenvalue weighted by Gasteiger charge is 2.32. The molecule has 0 bridgehead atoms. The summed E-state index contributed by atoms with van der Waals surface area (Å²) in [6.07, 6.45) is 7.39. The molecular weight excluding hydrogens is 341 g/mol. The monoisotopic (exact) mass is 363 g/mol. The molecule has 1 saturated heterocycles. The third-order valence-electron chi connectivity index (χ3n) is 5.05. The molecule has 4 nitrogen and oxygen atoms in total. The van der Waals surface area contributed by atoms with Crippen molar-refractivity contribution in [3.8, 4) is 0 Å². The Morgan fingerprint density at radius 2 is 1.41 bits per heavy atom. The van der Waals surface area contributed by atoms with Gasteiger partial charge in [-0.25, -0.2) is 4.39 Å². The van der Waals surface area contributed by atoms with Crippen LogP contribution in [-0.4, -0.2) is 41.2 Å². The van der Waals surface area contributed by atoms with Crippen molar-refractivity contribution in [2.24, 2.45) is 0 Å². The van der Waals surface area contributed by atoms with Gasteiger partial charge < -0.3 is 4.74 Å². The zero-order valence-corrected chi connectivity index (χ0v) is 15.0. The number of aromatic nitrogens is 2. The maximum absolute atomic E-state index is 13.6. The van der Waals surface area contributed by atoms with E-state index in [9.17, 15) is 4.39 Å². The summed E-state index contributed by atoms with van der Waals surface area (Å²) in [5.41, 5.74) is 3.31. The van der Waals surface area contributed by atoms with Crippen LogP contribution in [0.3, 0.4) is 0 Å². The molecule has 27 heavy (non-hydrogen) atoms. The van der Waals surface area contributed by atoms with Crippen LogP contribution >= 0.6 is 0 Å². The molecule has 0 radical (unpaired) electrons. The quantitative estimate of drug-likeness (QED) is 0.691. The number of rotatable bonds is 5. The van der Waals surface area contributed by atoms with Crippen molar-refractivity contribution in [2.45, 2.75) is 12.0 Å². The van der Waals surface area contributed by atoms with E-state index in [4.69, 9.17) is 4.74 Å².